The summed E-state index contributed by atoms with van der Waals surface area (Å²) in [7, 11) is 0. The first-order chi connectivity index (χ1) is 11.2. The second-order valence-electron chi connectivity index (χ2n) is 5.16. The smallest absolute Gasteiger partial charge is 0.267 e. The number of thiazole rings is 1. The van der Waals surface area contributed by atoms with Gasteiger partial charge in [-0.05, 0) is 43.2 Å². The van der Waals surface area contributed by atoms with E-state index in [9.17, 15) is 4.79 Å². The van der Waals surface area contributed by atoms with Crippen molar-refractivity contribution in [2.24, 2.45) is 0 Å². The highest BCUT2D eigenvalue weighted by molar-refractivity contribution is 7.17. The predicted molar refractivity (Wildman–Crippen MR) is 93.9 cm³/mol. The van der Waals surface area contributed by atoms with Crippen LogP contribution in [0.5, 0.6) is 0 Å². The minimum Gasteiger partial charge on any atom is -0.321 e. The third kappa shape index (κ3) is 3.46. The van der Waals surface area contributed by atoms with Crippen LogP contribution in [0.3, 0.4) is 0 Å². The van der Waals surface area contributed by atoms with Crippen LogP contribution >= 0.6 is 11.3 Å². The molecular formula is C18H17N3OS. The number of aromatic nitrogens is 2. The van der Waals surface area contributed by atoms with Gasteiger partial charge in [0.2, 0.25) is 0 Å². The molecule has 0 aliphatic rings. The Hall–Kier alpha value is -2.53. The van der Waals surface area contributed by atoms with Crippen molar-refractivity contribution in [2.45, 2.75) is 20.3 Å². The normalized spacial score (nSPS) is 10.5. The van der Waals surface area contributed by atoms with E-state index in [0.29, 0.717) is 4.88 Å². The quantitative estimate of drug-likeness (QED) is 0.777. The van der Waals surface area contributed by atoms with Crippen LogP contribution in [0.1, 0.15) is 27.9 Å². The molecule has 0 atom stereocenters. The van der Waals surface area contributed by atoms with Crippen LogP contribution in [0.4, 0.5) is 5.69 Å². The Kier molecular flexibility index (Phi) is 4.48. The standard InChI is InChI=1S/C18H17N3OS/c1-3-13-7-6-8-14(11-13)21-17(22)16-12(2)20-18(23-16)15-9-4-5-10-19-15/h4-11H,3H2,1-2H3,(H,21,22). The lowest BCUT2D eigenvalue weighted by Gasteiger charge is -2.05. The molecule has 3 rings (SSSR count). The van der Waals surface area contributed by atoms with Gasteiger partial charge < -0.3 is 5.32 Å². The molecule has 23 heavy (non-hydrogen) atoms. The monoisotopic (exact) mass is 323 g/mol. The van der Waals surface area contributed by atoms with Crippen molar-refractivity contribution in [1.29, 1.82) is 0 Å². The first-order valence-corrected chi connectivity index (χ1v) is 8.28. The molecule has 2 heterocycles. The molecule has 4 nitrogen and oxygen atoms in total. The summed E-state index contributed by atoms with van der Waals surface area (Å²) in [6.45, 7) is 3.94. The van der Waals surface area contributed by atoms with Gasteiger partial charge in [0.1, 0.15) is 9.88 Å². The number of carbonyl (C=O) groups excluding carboxylic acids is 1. The van der Waals surface area contributed by atoms with Gasteiger partial charge in [-0.2, -0.15) is 0 Å². The Morgan fingerprint density at radius 1 is 1.22 bits per heavy atom. The maximum absolute atomic E-state index is 12.5. The van der Waals surface area contributed by atoms with Crippen LogP contribution < -0.4 is 5.32 Å². The highest BCUT2D eigenvalue weighted by atomic mass is 32.1. The summed E-state index contributed by atoms with van der Waals surface area (Å²) in [5.41, 5.74) is 3.51. The van der Waals surface area contributed by atoms with Crippen molar-refractivity contribution in [3.05, 3.63) is 64.8 Å². The zero-order valence-electron chi connectivity index (χ0n) is 13.0. The molecule has 0 saturated carbocycles. The number of nitrogens with zero attached hydrogens (tertiary/aromatic N) is 2. The van der Waals surface area contributed by atoms with E-state index in [1.165, 1.54) is 16.9 Å². The highest BCUT2D eigenvalue weighted by Gasteiger charge is 2.17. The topological polar surface area (TPSA) is 54.9 Å². The number of amides is 1. The van der Waals surface area contributed by atoms with E-state index < -0.39 is 0 Å². The molecule has 0 aliphatic carbocycles. The first kappa shape index (κ1) is 15.4. The number of hydrogen-bond donors (Lipinski definition) is 1. The minimum atomic E-state index is -0.129. The van der Waals surface area contributed by atoms with Crippen molar-refractivity contribution in [1.82, 2.24) is 9.97 Å². The third-order valence-corrected chi connectivity index (χ3v) is 4.66. The maximum Gasteiger partial charge on any atom is 0.267 e. The van der Waals surface area contributed by atoms with Gasteiger partial charge in [0.15, 0.2) is 0 Å². The van der Waals surface area contributed by atoms with Crippen LogP contribution in [0, 0.1) is 6.92 Å². The predicted octanol–water partition coefficient (Wildman–Crippen LogP) is 4.33. The molecule has 0 radical (unpaired) electrons. The molecule has 116 valence electrons. The Morgan fingerprint density at radius 3 is 2.83 bits per heavy atom. The van der Waals surface area contributed by atoms with E-state index in [1.807, 2.05) is 49.4 Å². The van der Waals surface area contributed by atoms with Crippen LogP contribution in [-0.2, 0) is 6.42 Å². The average Bonchev–Trinajstić information content (AvgIpc) is 2.98. The van der Waals surface area contributed by atoms with Gasteiger partial charge in [-0.15, -0.1) is 11.3 Å². The molecule has 1 aromatic carbocycles. The molecule has 1 N–H and O–H groups in total. The molecule has 3 aromatic rings. The summed E-state index contributed by atoms with van der Waals surface area (Å²) in [6.07, 6.45) is 2.66. The van der Waals surface area contributed by atoms with Crippen molar-refractivity contribution in [3.8, 4) is 10.7 Å². The molecule has 0 fully saturated rings. The SMILES string of the molecule is CCc1cccc(NC(=O)c2sc(-c3ccccn3)nc2C)c1. The Labute approximate surface area is 139 Å². The lowest BCUT2D eigenvalue weighted by molar-refractivity contribution is 0.103. The zero-order valence-corrected chi connectivity index (χ0v) is 13.9. The second-order valence-corrected chi connectivity index (χ2v) is 6.16. The molecule has 0 bridgehead atoms. The van der Waals surface area contributed by atoms with Crippen LogP contribution in [0.15, 0.2) is 48.7 Å². The fourth-order valence-corrected chi connectivity index (χ4v) is 3.20. The number of nitrogens with one attached hydrogen (secondary N) is 1. The second kappa shape index (κ2) is 6.71. The number of rotatable bonds is 4. The van der Waals surface area contributed by atoms with Gasteiger partial charge in [0.05, 0.1) is 11.4 Å². The van der Waals surface area contributed by atoms with Gasteiger partial charge in [-0.25, -0.2) is 4.98 Å². The lowest BCUT2D eigenvalue weighted by atomic mass is 10.1. The van der Waals surface area contributed by atoms with E-state index in [1.54, 1.807) is 6.20 Å². The fourth-order valence-electron chi connectivity index (χ4n) is 2.26. The van der Waals surface area contributed by atoms with Crippen LogP contribution in [0.25, 0.3) is 10.7 Å². The number of benzene rings is 1. The van der Waals surface area contributed by atoms with E-state index in [-0.39, 0.29) is 5.91 Å². The summed E-state index contributed by atoms with van der Waals surface area (Å²) in [6, 6.07) is 13.6. The maximum atomic E-state index is 12.5. The van der Waals surface area contributed by atoms with Crippen molar-refractivity contribution in [2.75, 3.05) is 5.32 Å². The first-order valence-electron chi connectivity index (χ1n) is 7.46. The molecule has 0 saturated heterocycles. The van der Waals surface area contributed by atoms with Crippen molar-refractivity contribution >= 4 is 22.9 Å². The van der Waals surface area contributed by atoms with E-state index in [2.05, 4.69) is 22.2 Å². The summed E-state index contributed by atoms with van der Waals surface area (Å²) >= 11 is 1.36. The lowest BCUT2D eigenvalue weighted by Crippen LogP contribution is -2.11. The number of hydrogen-bond acceptors (Lipinski definition) is 4. The van der Waals surface area contributed by atoms with Crippen molar-refractivity contribution < 1.29 is 4.79 Å². The van der Waals surface area contributed by atoms with Crippen LogP contribution in [0.2, 0.25) is 0 Å². The van der Waals surface area contributed by atoms with E-state index in [0.717, 1.165) is 28.5 Å². The van der Waals surface area contributed by atoms with Gasteiger partial charge in [-0.3, -0.25) is 9.78 Å². The largest absolute Gasteiger partial charge is 0.321 e. The fraction of sp³-hybridized carbons (Fsp3) is 0.167. The molecule has 5 heteroatoms. The summed E-state index contributed by atoms with van der Waals surface area (Å²) in [4.78, 5) is 21.9. The average molecular weight is 323 g/mol. The van der Waals surface area contributed by atoms with Crippen molar-refractivity contribution in [3.63, 3.8) is 0 Å². The number of anilines is 1. The van der Waals surface area contributed by atoms with Gasteiger partial charge in [0.25, 0.3) is 5.91 Å². The molecule has 1 amide bonds. The number of pyridine rings is 1. The van der Waals surface area contributed by atoms with Gasteiger partial charge >= 0.3 is 0 Å². The number of aryl methyl sites for hydroxylation is 2. The molecular weight excluding hydrogens is 306 g/mol. The molecule has 0 aliphatic heterocycles. The number of carbonyl (C=O) groups is 1. The summed E-state index contributed by atoms with van der Waals surface area (Å²) in [5.74, 6) is -0.129. The summed E-state index contributed by atoms with van der Waals surface area (Å²) < 4.78 is 0. The summed E-state index contributed by atoms with van der Waals surface area (Å²) in [5, 5.41) is 3.71. The van der Waals surface area contributed by atoms with Crippen LogP contribution in [-0.4, -0.2) is 15.9 Å². The highest BCUT2D eigenvalue weighted by Crippen LogP contribution is 2.27. The Morgan fingerprint density at radius 2 is 2.09 bits per heavy atom. The minimum absolute atomic E-state index is 0.129. The molecule has 0 spiro atoms. The Bertz CT molecular complexity index is 827. The van der Waals surface area contributed by atoms with E-state index >= 15 is 0 Å². The van der Waals surface area contributed by atoms with Gasteiger partial charge in [-0.1, -0.05) is 25.1 Å². The molecule has 0 unspecified atom stereocenters. The molecule has 2 aromatic heterocycles. The zero-order chi connectivity index (χ0) is 16.2. The van der Waals surface area contributed by atoms with Gasteiger partial charge in [0, 0.05) is 11.9 Å². The third-order valence-electron chi connectivity index (χ3n) is 3.48. The Balaban J connectivity index is 1.84. The van der Waals surface area contributed by atoms with E-state index in [4.69, 9.17) is 0 Å².